The SMILES string of the molecule is CC(=O)N(C)c1ccccc1NC(=O)C1CCCN(C(=O)c2cccc3ccccc23)C1. The van der Waals surface area contributed by atoms with E-state index in [9.17, 15) is 14.4 Å². The van der Waals surface area contributed by atoms with Crippen LogP contribution in [0.2, 0.25) is 0 Å². The summed E-state index contributed by atoms with van der Waals surface area (Å²) in [6.45, 7) is 2.49. The highest BCUT2D eigenvalue weighted by molar-refractivity contribution is 6.07. The number of carbonyl (C=O) groups is 3. The molecule has 6 nitrogen and oxygen atoms in total. The van der Waals surface area contributed by atoms with Crippen LogP contribution in [-0.4, -0.2) is 42.8 Å². The van der Waals surface area contributed by atoms with Crippen molar-refractivity contribution in [1.29, 1.82) is 0 Å². The average Bonchev–Trinajstić information content (AvgIpc) is 2.83. The van der Waals surface area contributed by atoms with E-state index in [0.29, 0.717) is 30.0 Å². The zero-order valence-electron chi connectivity index (χ0n) is 18.4. The Morgan fingerprint density at radius 2 is 1.69 bits per heavy atom. The predicted molar refractivity (Wildman–Crippen MR) is 127 cm³/mol. The Balaban J connectivity index is 1.50. The number of hydrogen-bond donors (Lipinski definition) is 1. The Morgan fingerprint density at radius 3 is 2.50 bits per heavy atom. The second-order valence-corrected chi connectivity index (χ2v) is 8.20. The molecule has 0 bridgehead atoms. The van der Waals surface area contributed by atoms with Crippen LogP contribution in [-0.2, 0) is 9.59 Å². The van der Waals surface area contributed by atoms with Gasteiger partial charge in [0.05, 0.1) is 17.3 Å². The molecule has 3 aromatic rings. The lowest BCUT2D eigenvalue weighted by Crippen LogP contribution is -2.44. The van der Waals surface area contributed by atoms with E-state index < -0.39 is 0 Å². The fraction of sp³-hybridized carbons (Fsp3) is 0.269. The highest BCUT2D eigenvalue weighted by Crippen LogP contribution is 2.28. The number of nitrogens with zero attached hydrogens (tertiary/aromatic N) is 2. The molecule has 3 amide bonds. The van der Waals surface area contributed by atoms with E-state index in [-0.39, 0.29) is 23.6 Å². The maximum Gasteiger partial charge on any atom is 0.254 e. The molecule has 32 heavy (non-hydrogen) atoms. The Labute approximate surface area is 187 Å². The number of rotatable bonds is 4. The Morgan fingerprint density at radius 1 is 0.969 bits per heavy atom. The Hall–Kier alpha value is -3.67. The van der Waals surface area contributed by atoms with E-state index in [1.54, 1.807) is 24.1 Å². The van der Waals surface area contributed by atoms with E-state index in [1.165, 1.54) is 11.8 Å². The van der Waals surface area contributed by atoms with Gasteiger partial charge in [0.15, 0.2) is 0 Å². The van der Waals surface area contributed by atoms with Crippen LogP contribution < -0.4 is 10.2 Å². The summed E-state index contributed by atoms with van der Waals surface area (Å²) >= 11 is 0. The molecule has 1 N–H and O–H groups in total. The Kier molecular flexibility index (Phi) is 6.21. The highest BCUT2D eigenvalue weighted by atomic mass is 16.2. The number of fused-ring (bicyclic) bond motifs is 1. The summed E-state index contributed by atoms with van der Waals surface area (Å²) in [4.78, 5) is 41.5. The van der Waals surface area contributed by atoms with E-state index in [0.717, 1.165) is 23.6 Å². The van der Waals surface area contributed by atoms with Crippen LogP contribution in [0.1, 0.15) is 30.1 Å². The van der Waals surface area contributed by atoms with Crippen molar-refractivity contribution < 1.29 is 14.4 Å². The number of hydrogen-bond acceptors (Lipinski definition) is 3. The van der Waals surface area contributed by atoms with Gasteiger partial charge < -0.3 is 15.1 Å². The quantitative estimate of drug-likeness (QED) is 0.672. The minimum atomic E-state index is -0.307. The largest absolute Gasteiger partial charge is 0.338 e. The number of likely N-dealkylation sites (tertiary alicyclic amines) is 1. The summed E-state index contributed by atoms with van der Waals surface area (Å²) in [5.74, 6) is -0.601. The summed E-state index contributed by atoms with van der Waals surface area (Å²) in [7, 11) is 1.68. The molecule has 1 atom stereocenters. The lowest BCUT2D eigenvalue weighted by Gasteiger charge is -2.32. The maximum absolute atomic E-state index is 13.3. The number of nitrogens with one attached hydrogen (secondary N) is 1. The zero-order valence-corrected chi connectivity index (χ0v) is 18.4. The molecule has 1 unspecified atom stereocenters. The molecule has 0 saturated carbocycles. The molecule has 1 heterocycles. The molecule has 3 aromatic carbocycles. The molecule has 1 fully saturated rings. The van der Waals surface area contributed by atoms with Gasteiger partial charge >= 0.3 is 0 Å². The van der Waals surface area contributed by atoms with Crippen LogP contribution in [0.25, 0.3) is 10.8 Å². The summed E-state index contributed by atoms with van der Waals surface area (Å²) in [6.07, 6.45) is 1.49. The van der Waals surface area contributed by atoms with Crippen molar-refractivity contribution in [3.8, 4) is 0 Å². The zero-order chi connectivity index (χ0) is 22.7. The standard InChI is InChI=1S/C26H27N3O3/c1-18(30)28(2)24-15-6-5-14-23(24)27-25(31)20-11-8-16-29(17-20)26(32)22-13-7-10-19-9-3-4-12-21(19)22/h3-7,9-10,12-15,20H,8,11,16-17H2,1-2H3,(H,27,31). The van der Waals surface area contributed by atoms with Crippen molar-refractivity contribution in [3.05, 3.63) is 72.3 Å². The molecule has 0 radical (unpaired) electrons. The molecule has 0 spiro atoms. The monoisotopic (exact) mass is 429 g/mol. The van der Waals surface area contributed by atoms with Crippen LogP contribution in [0.3, 0.4) is 0 Å². The molecule has 1 saturated heterocycles. The van der Waals surface area contributed by atoms with Crippen LogP contribution in [0, 0.1) is 5.92 Å². The van der Waals surface area contributed by atoms with Gasteiger partial charge in [0.2, 0.25) is 11.8 Å². The first-order valence-electron chi connectivity index (χ1n) is 10.9. The first-order chi connectivity index (χ1) is 15.5. The van der Waals surface area contributed by atoms with Gasteiger partial charge in [0.1, 0.15) is 0 Å². The van der Waals surface area contributed by atoms with Crippen molar-refractivity contribution in [2.45, 2.75) is 19.8 Å². The van der Waals surface area contributed by atoms with E-state index in [2.05, 4.69) is 5.32 Å². The lowest BCUT2D eigenvalue weighted by molar-refractivity contribution is -0.121. The van der Waals surface area contributed by atoms with Gasteiger partial charge in [-0.2, -0.15) is 0 Å². The van der Waals surface area contributed by atoms with Gasteiger partial charge in [-0.1, -0.05) is 48.5 Å². The van der Waals surface area contributed by atoms with Crippen molar-refractivity contribution >= 4 is 39.9 Å². The molecule has 6 heteroatoms. The third kappa shape index (κ3) is 4.35. The van der Waals surface area contributed by atoms with Gasteiger partial charge in [-0.15, -0.1) is 0 Å². The van der Waals surface area contributed by atoms with Gasteiger partial charge in [-0.3, -0.25) is 14.4 Å². The number of amides is 3. The van der Waals surface area contributed by atoms with E-state index >= 15 is 0 Å². The topological polar surface area (TPSA) is 69.7 Å². The summed E-state index contributed by atoms with van der Waals surface area (Å²) in [5, 5.41) is 4.92. The van der Waals surface area contributed by atoms with Crippen LogP contribution >= 0.6 is 0 Å². The van der Waals surface area contributed by atoms with Crippen molar-refractivity contribution in [2.75, 3.05) is 30.4 Å². The first kappa shape index (κ1) is 21.6. The normalized spacial score (nSPS) is 15.9. The number of anilines is 2. The predicted octanol–water partition coefficient (Wildman–Crippen LogP) is 4.31. The lowest BCUT2D eigenvalue weighted by atomic mass is 9.95. The summed E-state index contributed by atoms with van der Waals surface area (Å²) in [6, 6.07) is 20.8. The maximum atomic E-state index is 13.3. The number of carbonyl (C=O) groups excluding carboxylic acids is 3. The minimum absolute atomic E-state index is 0.0454. The van der Waals surface area contributed by atoms with Crippen LogP contribution in [0.15, 0.2) is 66.7 Å². The molecule has 4 rings (SSSR count). The van der Waals surface area contributed by atoms with Gasteiger partial charge in [0.25, 0.3) is 5.91 Å². The summed E-state index contributed by atoms with van der Waals surface area (Å²) in [5.41, 5.74) is 1.90. The summed E-state index contributed by atoms with van der Waals surface area (Å²) < 4.78 is 0. The number of benzene rings is 3. The van der Waals surface area contributed by atoms with Crippen molar-refractivity contribution in [2.24, 2.45) is 5.92 Å². The molecule has 164 valence electrons. The van der Waals surface area contributed by atoms with Gasteiger partial charge in [-0.05, 0) is 41.8 Å². The second kappa shape index (κ2) is 9.22. The van der Waals surface area contributed by atoms with E-state index in [4.69, 9.17) is 0 Å². The van der Waals surface area contributed by atoms with Crippen molar-refractivity contribution in [1.82, 2.24) is 4.90 Å². The smallest absolute Gasteiger partial charge is 0.254 e. The van der Waals surface area contributed by atoms with Crippen molar-refractivity contribution in [3.63, 3.8) is 0 Å². The molecular formula is C26H27N3O3. The fourth-order valence-corrected chi connectivity index (χ4v) is 4.23. The van der Waals surface area contributed by atoms with Crippen LogP contribution in [0.4, 0.5) is 11.4 Å². The fourth-order valence-electron chi connectivity index (χ4n) is 4.23. The number of piperidine rings is 1. The molecule has 0 aromatic heterocycles. The highest BCUT2D eigenvalue weighted by Gasteiger charge is 2.30. The van der Waals surface area contributed by atoms with E-state index in [1.807, 2.05) is 54.6 Å². The molecule has 1 aliphatic rings. The second-order valence-electron chi connectivity index (χ2n) is 8.20. The average molecular weight is 430 g/mol. The minimum Gasteiger partial charge on any atom is -0.338 e. The third-order valence-electron chi connectivity index (χ3n) is 6.10. The number of para-hydroxylation sites is 2. The van der Waals surface area contributed by atoms with Gasteiger partial charge in [0, 0.05) is 32.6 Å². The molecule has 0 aliphatic carbocycles. The molecular weight excluding hydrogens is 402 g/mol. The van der Waals surface area contributed by atoms with Crippen LogP contribution in [0.5, 0.6) is 0 Å². The Bertz CT molecular complexity index is 1170. The third-order valence-corrected chi connectivity index (χ3v) is 6.10. The van der Waals surface area contributed by atoms with Gasteiger partial charge in [-0.25, -0.2) is 0 Å². The molecule has 1 aliphatic heterocycles. The first-order valence-corrected chi connectivity index (χ1v) is 10.9.